The molecule has 4 nitrogen and oxygen atoms in total. The van der Waals surface area contributed by atoms with Gasteiger partial charge in [0.15, 0.2) is 0 Å². The van der Waals surface area contributed by atoms with Crippen LogP contribution < -0.4 is 0 Å². The van der Waals surface area contributed by atoms with Gasteiger partial charge >= 0.3 is 0 Å². The zero-order valence-electron chi connectivity index (χ0n) is 15.7. The summed E-state index contributed by atoms with van der Waals surface area (Å²) in [6.45, 7) is 7.22. The van der Waals surface area contributed by atoms with Crippen molar-refractivity contribution >= 4 is 15.9 Å². The number of nitrogens with zero attached hydrogens (tertiary/aromatic N) is 1. The molecule has 0 saturated heterocycles. The first-order chi connectivity index (χ1) is 12.4. The van der Waals surface area contributed by atoms with Crippen molar-refractivity contribution in [1.82, 2.24) is 4.31 Å². The largest absolute Gasteiger partial charge is 0.273 e. The van der Waals surface area contributed by atoms with Crippen LogP contribution in [0.1, 0.15) is 51.0 Å². The van der Waals surface area contributed by atoms with Crippen molar-refractivity contribution in [3.05, 3.63) is 54.6 Å². The molecule has 0 aromatic heterocycles. The molecule has 2 rings (SSSR count). The van der Waals surface area contributed by atoms with Gasteiger partial charge in [0.05, 0.1) is 10.9 Å². The molecular weight excluding hydrogens is 346 g/mol. The third kappa shape index (κ3) is 5.07. The summed E-state index contributed by atoms with van der Waals surface area (Å²) in [5.74, 6) is 0.0194. The second-order valence-electron chi connectivity index (χ2n) is 7.02. The topological polar surface area (TPSA) is 54.5 Å². The van der Waals surface area contributed by atoms with E-state index in [9.17, 15) is 13.2 Å². The van der Waals surface area contributed by atoms with Crippen LogP contribution in [0.2, 0.25) is 0 Å². The number of carbonyl (C=O) groups is 1. The second-order valence-corrected chi connectivity index (χ2v) is 8.84. The van der Waals surface area contributed by atoms with Gasteiger partial charge in [0.2, 0.25) is 5.91 Å². The molecule has 1 aromatic carbocycles. The minimum Gasteiger partial charge on any atom is -0.273 e. The number of hydrogen-bond donors (Lipinski definition) is 0. The minimum absolute atomic E-state index is 0.00724. The van der Waals surface area contributed by atoms with Crippen LogP contribution in [-0.2, 0) is 14.8 Å². The van der Waals surface area contributed by atoms with E-state index >= 15 is 0 Å². The highest BCUT2D eigenvalue weighted by molar-refractivity contribution is 7.89. The number of allylic oxidation sites excluding steroid dienone is 1. The van der Waals surface area contributed by atoms with Gasteiger partial charge in [-0.15, -0.1) is 6.58 Å². The molecule has 0 heterocycles. The van der Waals surface area contributed by atoms with E-state index in [4.69, 9.17) is 0 Å². The SMILES string of the molecule is C=CCC(=O)N(C(C)/C=C/C1CCCCC1)S(=O)(=O)c1ccc(C)cc1. The van der Waals surface area contributed by atoms with Gasteiger partial charge in [-0.3, -0.25) is 4.79 Å². The lowest BCUT2D eigenvalue weighted by Gasteiger charge is -2.27. The minimum atomic E-state index is -3.91. The Morgan fingerprint density at radius 3 is 2.42 bits per heavy atom. The summed E-state index contributed by atoms with van der Waals surface area (Å²) in [6.07, 6.45) is 11.3. The summed E-state index contributed by atoms with van der Waals surface area (Å²) in [4.78, 5) is 12.7. The highest BCUT2D eigenvalue weighted by Crippen LogP contribution is 2.26. The average molecular weight is 376 g/mol. The number of carbonyl (C=O) groups excluding carboxylic acids is 1. The van der Waals surface area contributed by atoms with Gasteiger partial charge in [-0.25, -0.2) is 12.7 Å². The number of benzene rings is 1. The molecule has 1 aromatic rings. The van der Waals surface area contributed by atoms with Crippen LogP contribution in [0.3, 0.4) is 0 Å². The van der Waals surface area contributed by atoms with Crippen LogP contribution in [0.4, 0.5) is 0 Å². The Morgan fingerprint density at radius 1 is 1.23 bits per heavy atom. The van der Waals surface area contributed by atoms with E-state index in [0.717, 1.165) is 22.7 Å². The maximum Gasteiger partial charge on any atom is 0.267 e. The van der Waals surface area contributed by atoms with Crippen LogP contribution >= 0.6 is 0 Å². The maximum absolute atomic E-state index is 13.1. The molecule has 0 aliphatic heterocycles. The molecule has 1 atom stereocenters. The van der Waals surface area contributed by atoms with E-state index in [0.29, 0.717) is 5.92 Å². The maximum atomic E-state index is 13.1. The zero-order chi connectivity index (χ0) is 19.2. The molecule has 0 N–H and O–H groups in total. The molecule has 0 spiro atoms. The Labute approximate surface area is 157 Å². The first-order valence-corrected chi connectivity index (χ1v) is 10.7. The van der Waals surface area contributed by atoms with Crippen molar-refractivity contribution in [2.24, 2.45) is 5.92 Å². The summed E-state index contributed by atoms with van der Waals surface area (Å²) in [5.41, 5.74) is 0.971. The molecule has 1 unspecified atom stereocenters. The highest BCUT2D eigenvalue weighted by atomic mass is 32.2. The first kappa shape index (κ1) is 20.4. The van der Waals surface area contributed by atoms with Crippen LogP contribution in [0.5, 0.6) is 0 Å². The van der Waals surface area contributed by atoms with Crippen LogP contribution in [0, 0.1) is 12.8 Å². The molecule has 0 radical (unpaired) electrons. The summed E-state index contributed by atoms with van der Waals surface area (Å²) in [7, 11) is -3.91. The van der Waals surface area contributed by atoms with Gasteiger partial charge in [-0.05, 0) is 44.7 Å². The molecule has 1 aliphatic carbocycles. The quantitative estimate of drug-likeness (QED) is 0.654. The third-order valence-corrected chi connectivity index (χ3v) is 6.75. The summed E-state index contributed by atoms with van der Waals surface area (Å²) >= 11 is 0. The van der Waals surface area contributed by atoms with E-state index in [1.54, 1.807) is 31.2 Å². The normalized spacial score (nSPS) is 17.2. The number of aryl methyl sites for hydroxylation is 1. The van der Waals surface area contributed by atoms with Gasteiger partial charge in [0.1, 0.15) is 0 Å². The Balaban J connectivity index is 2.29. The van der Waals surface area contributed by atoms with Gasteiger partial charge in [0, 0.05) is 6.42 Å². The Kier molecular flexibility index (Phi) is 7.21. The average Bonchev–Trinajstić information content (AvgIpc) is 2.61. The predicted octanol–water partition coefficient (Wildman–Crippen LogP) is 4.61. The Hall–Kier alpha value is -1.88. The lowest BCUT2D eigenvalue weighted by molar-refractivity contribution is -0.126. The summed E-state index contributed by atoms with van der Waals surface area (Å²) < 4.78 is 27.2. The lowest BCUT2D eigenvalue weighted by atomic mass is 9.89. The second kappa shape index (κ2) is 9.17. The molecule has 1 aliphatic rings. The van der Waals surface area contributed by atoms with Crippen molar-refractivity contribution < 1.29 is 13.2 Å². The number of sulfonamides is 1. The molecular formula is C21H29NO3S. The smallest absolute Gasteiger partial charge is 0.267 e. The molecule has 1 fully saturated rings. The van der Waals surface area contributed by atoms with Gasteiger partial charge in [0.25, 0.3) is 10.0 Å². The molecule has 142 valence electrons. The van der Waals surface area contributed by atoms with Gasteiger partial charge in [-0.1, -0.05) is 55.2 Å². The van der Waals surface area contributed by atoms with Crippen molar-refractivity contribution in [3.63, 3.8) is 0 Å². The Morgan fingerprint density at radius 2 is 1.85 bits per heavy atom. The summed E-state index contributed by atoms with van der Waals surface area (Å²) in [6, 6.07) is 6.06. The predicted molar refractivity (Wildman–Crippen MR) is 105 cm³/mol. The number of hydrogen-bond acceptors (Lipinski definition) is 3. The molecule has 26 heavy (non-hydrogen) atoms. The fourth-order valence-corrected chi connectivity index (χ4v) is 4.90. The molecule has 5 heteroatoms. The molecule has 1 amide bonds. The molecule has 0 bridgehead atoms. The lowest BCUT2D eigenvalue weighted by Crippen LogP contribution is -2.42. The fourth-order valence-electron chi connectivity index (χ4n) is 3.34. The third-order valence-electron chi connectivity index (χ3n) is 4.82. The Bertz CT molecular complexity index is 744. The van der Waals surface area contributed by atoms with Crippen molar-refractivity contribution in [2.75, 3.05) is 0 Å². The van der Waals surface area contributed by atoms with E-state index < -0.39 is 22.0 Å². The molecule has 1 saturated carbocycles. The highest BCUT2D eigenvalue weighted by Gasteiger charge is 2.31. The number of rotatable bonds is 7. The van der Waals surface area contributed by atoms with Gasteiger partial charge < -0.3 is 0 Å². The van der Waals surface area contributed by atoms with Crippen molar-refractivity contribution in [3.8, 4) is 0 Å². The summed E-state index contributed by atoms with van der Waals surface area (Å²) in [5, 5.41) is 0. The standard InChI is InChI=1S/C21H29NO3S/c1-4-8-21(23)22(18(3)13-14-19-9-6-5-7-10-19)26(24,25)20-15-11-17(2)12-16-20/h4,11-16,18-19H,1,5-10H2,2-3H3/b14-13+. The van der Waals surface area contributed by atoms with E-state index in [1.165, 1.54) is 25.3 Å². The number of amides is 1. The van der Waals surface area contributed by atoms with E-state index in [2.05, 4.69) is 12.7 Å². The van der Waals surface area contributed by atoms with Crippen LogP contribution in [-0.4, -0.2) is 24.7 Å². The van der Waals surface area contributed by atoms with Gasteiger partial charge in [-0.2, -0.15) is 0 Å². The first-order valence-electron chi connectivity index (χ1n) is 9.29. The van der Waals surface area contributed by atoms with E-state index in [1.807, 2.05) is 13.0 Å². The van der Waals surface area contributed by atoms with Crippen LogP contribution in [0.25, 0.3) is 0 Å². The monoisotopic (exact) mass is 375 g/mol. The van der Waals surface area contributed by atoms with E-state index in [-0.39, 0.29) is 11.3 Å². The fraction of sp³-hybridized carbons (Fsp3) is 0.476. The van der Waals surface area contributed by atoms with Crippen molar-refractivity contribution in [1.29, 1.82) is 0 Å². The zero-order valence-corrected chi connectivity index (χ0v) is 16.5. The van der Waals surface area contributed by atoms with Crippen LogP contribution in [0.15, 0.2) is 54.0 Å². The van der Waals surface area contributed by atoms with Crippen molar-refractivity contribution in [2.45, 2.75) is 63.3 Å².